The standard InChI is InChI=1S/C27H35N5O4S/c1-7-10-20(15-23(33)29-37(35,36)27(3,4)5)32-25-22(13-9-14-28-25)31(26(32)34)17-19-16-30(6)21-12-8-11-18(2)24(19)21/h8-9,11-14,16,20H,7,10,15,17H2,1-6H3,(H,29,33)/t20-/m0/s1. The average molecular weight is 526 g/mol. The minimum absolute atomic E-state index is 0.147. The number of aromatic nitrogens is 4. The quantitative estimate of drug-likeness (QED) is 0.374. The van der Waals surface area contributed by atoms with Crippen LogP contribution in [0.2, 0.25) is 0 Å². The molecule has 0 radical (unpaired) electrons. The second-order valence-electron chi connectivity index (χ2n) is 10.6. The van der Waals surface area contributed by atoms with Crippen molar-refractivity contribution in [2.45, 2.75) is 71.2 Å². The fourth-order valence-corrected chi connectivity index (χ4v) is 5.52. The van der Waals surface area contributed by atoms with E-state index in [1.165, 1.54) is 20.8 Å². The fourth-order valence-electron chi connectivity index (χ4n) is 4.83. The van der Waals surface area contributed by atoms with Crippen molar-refractivity contribution in [1.29, 1.82) is 0 Å². The number of sulfonamides is 1. The third-order valence-corrected chi connectivity index (χ3v) is 8.92. The van der Waals surface area contributed by atoms with E-state index in [9.17, 15) is 18.0 Å². The van der Waals surface area contributed by atoms with Crippen molar-refractivity contribution in [3.05, 3.63) is 64.3 Å². The number of carbonyl (C=O) groups excluding carboxylic acids is 1. The number of amides is 1. The summed E-state index contributed by atoms with van der Waals surface area (Å²) >= 11 is 0. The van der Waals surface area contributed by atoms with Crippen molar-refractivity contribution < 1.29 is 13.2 Å². The van der Waals surface area contributed by atoms with Gasteiger partial charge >= 0.3 is 5.69 Å². The van der Waals surface area contributed by atoms with Crippen LogP contribution in [-0.2, 0) is 28.4 Å². The molecule has 0 aliphatic rings. The van der Waals surface area contributed by atoms with Crippen molar-refractivity contribution in [2.24, 2.45) is 7.05 Å². The van der Waals surface area contributed by atoms with Crippen LogP contribution in [-0.4, -0.2) is 37.8 Å². The van der Waals surface area contributed by atoms with Crippen LogP contribution < -0.4 is 10.4 Å². The number of aryl methyl sites for hydroxylation is 2. The summed E-state index contributed by atoms with van der Waals surface area (Å²) in [7, 11) is -1.87. The highest BCUT2D eigenvalue weighted by Crippen LogP contribution is 2.27. The summed E-state index contributed by atoms with van der Waals surface area (Å²) in [6.45, 7) is 8.96. The molecule has 0 aliphatic carbocycles. The number of nitrogens with zero attached hydrogens (tertiary/aromatic N) is 4. The molecule has 1 N–H and O–H groups in total. The Hall–Kier alpha value is -3.40. The highest BCUT2D eigenvalue weighted by Gasteiger charge is 2.32. The van der Waals surface area contributed by atoms with E-state index < -0.39 is 26.7 Å². The second-order valence-corrected chi connectivity index (χ2v) is 13.0. The molecule has 0 bridgehead atoms. The van der Waals surface area contributed by atoms with E-state index >= 15 is 0 Å². The van der Waals surface area contributed by atoms with Crippen molar-refractivity contribution in [3.63, 3.8) is 0 Å². The third kappa shape index (κ3) is 4.94. The summed E-state index contributed by atoms with van der Waals surface area (Å²) in [5, 5.41) is 1.11. The fraction of sp³-hybridized carbons (Fsp3) is 0.444. The van der Waals surface area contributed by atoms with Gasteiger partial charge in [-0.1, -0.05) is 25.5 Å². The van der Waals surface area contributed by atoms with Crippen LogP contribution in [0.15, 0.2) is 47.5 Å². The first kappa shape index (κ1) is 26.7. The van der Waals surface area contributed by atoms with Crippen molar-refractivity contribution >= 4 is 38.0 Å². The van der Waals surface area contributed by atoms with Crippen molar-refractivity contribution in [1.82, 2.24) is 23.4 Å². The van der Waals surface area contributed by atoms with Crippen molar-refractivity contribution in [2.75, 3.05) is 0 Å². The number of pyridine rings is 1. The predicted molar refractivity (Wildman–Crippen MR) is 146 cm³/mol. The zero-order chi connectivity index (χ0) is 27.1. The average Bonchev–Trinajstić information content (AvgIpc) is 3.27. The van der Waals surface area contributed by atoms with Crippen LogP contribution in [0.5, 0.6) is 0 Å². The van der Waals surface area contributed by atoms with Gasteiger partial charge in [0.15, 0.2) is 5.65 Å². The molecule has 0 aliphatic heterocycles. The Kier molecular flexibility index (Phi) is 7.07. The van der Waals surface area contributed by atoms with E-state index in [0.29, 0.717) is 30.6 Å². The number of hydrogen-bond donors (Lipinski definition) is 1. The maximum atomic E-state index is 13.9. The molecular formula is C27H35N5O4S. The molecule has 37 heavy (non-hydrogen) atoms. The first-order chi connectivity index (χ1) is 17.4. The van der Waals surface area contributed by atoms with Gasteiger partial charge in [-0.15, -0.1) is 0 Å². The molecule has 3 heterocycles. The molecule has 4 aromatic rings. The molecule has 0 saturated heterocycles. The molecule has 1 aromatic carbocycles. The largest absolute Gasteiger partial charge is 0.350 e. The normalized spacial score (nSPS) is 13.4. The Balaban J connectivity index is 1.78. The van der Waals surface area contributed by atoms with Gasteiger partial charge < -0.3 is 4.57 Å². The van der Waals surface area contributed by atoms with E-state index in [-0.39, 0.29) is 12.1 Å². The Morgan fingerprint density at radius 3 is 2.51 bits per heavy atom. The molecule has 1 atom stereocenters. The SMILES string of the molecule is CCC[C@@H](CC(=O)NS(=O)(=O)C(C)(C)C)n1c(=O)n(Cc2cn(C)c3cccc(C)c23)c2cccnc21. The number of nitrogens with one attached hydrogen (secondary N) is 1. The molecule has 1 amide bonds. The van der Waals surface area contributed by atoms with Crippen LogP contribution in [0, 0.1) is 6.92 Å². The first-order valence-corrected chi connectivity index (χ1v) is 14.0. The maximum Gasteiger partial charge on any atom is 0.330 e. The van der Waals surface area contributed by atoms with Crippen LogP contribution in [0.4, 0.5) is 0 Å². The minimum Gasteiger partial charge on any atom is -0.350 e. The summed E-state index contributed by atoms with van der Waals surface area (Å²) in [5.41, 5.74) is 4.11. The smallest absolute Gasteiger partial charge is 0.330 e. The molecule has 0 saturated carbocycles. The molecule has 0 unspecified atom stereocenters. The van der Waals surface area contributed by atoms with Crippen LogP contribution in [0.3, 0.4) is 0 Å². The van der Waals surface area contributed by atoms with Gasteiger partial charge in [-0.25, -0.2) is 18.2 Å². The highest BCUT2D eigenvalue weighted by molar-refractivity contribution is 7.91. The lowest BCUT2D eigenvalue weighted by Crippen LogP contribution is -2.43. The van der Waals surface area contributed by atoms with Gasteiger partial charge in [-0.3, -0.25) is 18.7 Å². The first-order valence-electron chi connectivity index (χ1n) is 12.5. The zero-order valence-electron chi connectivity index (χ0n) is 22.3. The second kappa shape index (κ2) is 9.81. The van der Waals surface area contributed by atoms with Crippen LogP contribution in [0.25, 0.3) is 22.1 Å². The van der Waals surface area contributed by atoms with E-state index in [1.807, 2.05) is 32.3 Å². The lowest BCUT2D eigenvalue weighted by molar-refractivity contribution is -0.120. The lowest BCUT2D eigenvalue weighted by Gasteiger charge is -2.21. The number of benzene rings is 1. The third-order valence-electron chi connectivity index (χ3n) is 6.81. The van der Waals surface area contributed by atoms with Gasteiger partial charge in [-0.05, 0) is 63.4 Å². The van der Waals surface area contributed by atoms with E-state index in [0.717, 1.165) is 22.0 Å². The maximum absolute atomic E-state index is 13.9. The van der Waals surface area contributed by atoms with Gasteiger partial charge in [0.05, 0.1) is 16.8 Å². The van der Waals surface area contributed by atoms with E-state index in [4.69, 9.17) is 0 Å². The van der Waals surface area contributed by atoms with Crippen LogP contribution >= 0.6 is 0 Å². The summed E-state index contributed by atoms with van der Waals surface area (Å²) in [6.07, 6.45) is 4.74. The van der Waals surface area contributed by atoms with Gasteiger partial charge in [0.1, 0.15) is 0 Å². The Morgan fingerprint density at radius 1 is 1.14 bits per heavy atom. The molecular weight excluding hydrogens is 490 g/mol. The summed E-state index contributed by atoms with van der Waals surface area (Å²) in [4.78, 5) is 31.3. The van der Waals surface area contributed by atoms with Gasteiger partial charge in [-0.2, -0.15) is 0 Å². The predicted octanol–water partition coefficient (Wildman–Crippen LogP) is 4.02. The minimum atomic E-state index is -3.86. The summed E-state index contributed by atoms with van der Waals surface area (Å²) < 4.78 is 31.4. The summed E-state index contributed by atoms with van der Waals surface area (Å²) in [5.74, 6) is -0.637. The molecule has 3 aromatic heterocycles. The van der Waals surface area contributed by atoms with Gasteiger partial charge in [0.2, 0.25) is 15.9 Å². The Morgan fingerprint density at radius 2 is 1.84 bits per heavy atom. The lowest BCUT2D eigenvalue weighted by atomic mass is 10.1. The molecule has 4 rings (SSSR count). The topological polar surface area (TPSA) is 108 Å². The molecule has 0 spiro atoms. The zero-order valence-corrected chi connectivity index (χ0v) is 23.1. The highest BCUT2D eigenvalue weighted by atomic mass is 32.2. The molecule has 10 heteroatoms. The van der Waals surface area contributed by atoms with E-state index in [2.05, 4.69) is 33.3 Å². The Labute approximate surface area is 217 Å². The van der Waals surface area contributed by atoms with Gasteiger partial charge in [0.25, 0.3) is 0 Å². The van der Waals surface area contributed by atoms with Crippen molar-refractivity contribution in [3.8, 4) is 0 Å². The molecule has 9 nitrogen and oxygen atoms in total. The number of fused-ring (bicyclic) bond motifs is 2. The number of rotatable bonds is 8. The number of carbonyl (C=O) groups is 1. The summed E-state index contributed by atoms with van der Waals surface area (Å²) in [6, 6.07) is 9.23. The monoisotopic (exact) mass is 525 g/mol. The molecule has 198 valence electrons. The van der Waals surface area contributed by atoms with Gasteiger partial charge in [0, 0.05) is 42.8 Å². The van der Waals surface area contributed by atoms with E-state index in [1.54, 1.807) is 21.4 Å². The van der Waals surface area contributed by atoms with Crippen LogP contribution in [0.1, 0.15) is 64.1 Å². The number of imidazole rings is 1. The molecule has 0 fully saturated rings. The Bertz CT molecular complexity index is 1640. The number of hydrogen-bond acceptors (Lipinski definition) is 5.